The lowest BCUT2D eigenvalue weighted by Crippen LogP contribution is -2.32. The maximum Gasteiger partial charge on any atom is 0.231 e. The van der Waals surface area contributed by atoms with Crippen molar-refractivity contribution in [3.8, 4) is 0 Å². The van der Waals surface area contributed by atoms with E-state index in [9.17, 15) is 4.79 Å². The van der Waals surface area contributed by atoms with Gasteiger partial charge >= 0.3 is 0 Å². The van der Waals surface area contributed by atoms with Crippen molar-refractivity contribution in [1.82, 2.24) is 0 Å². The van der Waals surface area contributed by atoms with E-state index in [-0.39, 0.29) is 5.91 Å². The molecular formula is C18H22N2O. The third-order valence-electron chi connectivity index (χ3n) is 3.54. The monoisotopic (exact) mass is 282 g/mol. The summed E-state index contributed by atoms with van der Waals surface area (Å²) in [6, 6.07) is 15.9. The van der Waals surface area contributed by atoms with Crippen molar-refractivity contribution < 1.29 is 4.79 Å². The number of rotatable bonds is 5. The highest BCUT2D eigenvalue weighted by Crippen LogP contribution is 2.17. The number of anilines is 1. The van der Waals surface area contributed by atoms with Crippen molar-refractivity contribution in [3.63, 3.8) is 0 Å². The Bertz CT molecular complexity index is 605. The number of benzene rings is 2. The van der Waals surface area contributed by atoms with Crippen molar-refractivity contribution in [1.29, 1.82) is 0 Å². The highest BCUT2D eigenvalue weighted by molar-refractivity contribution is 5.94. The lowest BCUT2D eigenvalue weighted by atomic mass is 10.1. The molecule has 0 spiro atoms. The van der Waals surface area contributed by atoms with Gasteiger partial charge < -0.3 is 10.6 Å². The van der Waals surface area contributed by atoms with Crippen molar-refractivity contribution in [3.05, 3.63) is 65.2 Å². The van der Waals surface area contributed by atoms with Crippen molar-refractivity contribution >= 4 is 11.6 Å². The predicted molar refractivity (Wildman–Crippen MR) is 87.2 cm³/mol. The fourth-order valence-corrected chi connectivity index (χ4v) is 2.36. The van der Waals surface area contributed by atoms with Gasteiger partial charge in [0.2, 0.25) is 5.91 Å². The minimum Gasteiger partial charge on any atom is -0.326 e. The first-order valence-electron chi connectivity index (χ1n) is 7.29. The SMILES string of the molecule is CCN(C(=O)Cc1ccc(CN)cc1)c1cccc(C)c1. The van der Waals surface area contributed by atoms with Gasteiger partial charge in [-0.2, -0.15) is 0 Å². The Morgan fingerprint density at radius 3 is 2.33 bits per heavy atom. The lowest BCUT2D eigenvalue weighted by molar-refractivity contribution is -0.117. The largest absolute Gasteiger partial charge is 0.326 e. The van der Waals surface area contributed by atoms with E-state index < -0.39 is 0 Å². The van der Waals surface area contributed by atoms with Gasteiger partial charge in [-0.25, -0.2) is 0 Å². The summed E-state index contributed by atoms with van der Waals surface area (Å²) in [5.41, 5.74) is 9.80. The molecule has 3 nitrogen and oxygen atoms in total. The first kappa shape index (κ1) is 15.3. The van der Waals surface area contributed by atoms with E-state index in [1.54, 1.807) is 0 Å². The van der Waals surface area contributed by atoms with Crippen LogP contribution in [0.1, 0.15) is 23.6 Å². The van der Waals surface area contributed by atoms with Crippen LogP contribution >= 0.6 is 0 Å². The number of carbonyl (C=O) groups is 1. The van der Waals surface area contributed by atoms with Gasteiger partial charge in [0.05, 0.1) is 6.42 Å². The Morgan fingerprint density at radius 1 is 1.10 bits per heavy atom. The number of carbonyl (C=O) groups excluding carboxylic acids is 1. The van der Waals surface area contributed by atoms with Crippen LogP contribution in [0, 0.1) is 6.92 Å². The second-order valence-corrected chi connectivity index (χ2v) is 5.17. The van der Waals surface area contributed by atoms with Gasteiger partial charge in [0.1, 0.15) is 0 Å². The molecule has 2 N–H and O–H groups in total. The molecule has 0 saturated carbocycles. The Hall–Kier alpha value is -2.13. The first-order chi connectivity index (χ1) is 10.1. The molecule has 3 heteroatoms. The fraction of sp³-hybridized carbons (Fsp3) is 0.278. The van der Waals surface area contributed by atoms with Crippen LogP contribution in [0.3, 0.4) is 0 Å². The molecule has 2 rings (SSSR count). The van der Waals surface area contributed by atoms with Gasteiger partial charge in [0.15, 0.2) is 0 Å². The smallest absolute Gasteiger partial charge is 0.231 e. The topological polar surface area (TPSA) is 46.3 Å². The van der Waals surface area contributed by atoms with Crippen molar-refractivity contribution in [2.45, 2.75) is 26.8 Å². The number of hydrogen-bond acceptors (Lipinski definition) is 2. The second-order valence-electron chi connectivity index (χ2n) is 5.17. The van der Waals surface area contributed by atoms with Crippen LogP contribution in [-0.4, -0.2) is 12.5 Å². The zero-order valence-corrected chi connectivity index (χ0v) is 12.7. The van der Waals surface area contributed by atoms with E-state index in [4.69, 9.17) is 5.73 Å². The minimum atomic E-state index is 0.114. The maximum atomic E-state index is 12.5. The summed E-state index contributed by atoms with van der Waals surface area (Å²) >= 11 is 0. The molecular weight excluding hydrogens is 260 g/mol. The molecule has 0 aromatic heterocycles. The van der Waals surface area contributed by atoms with Gasteiger partial charge in [-0.05, 0) is 42.7 Å². The molecule has 1 amide bonds. The normalized spacial score (nSPS) is 10.4. The first-order valence-corrected chi connectivity index (χ1v) is 7.29. The molecule has 0 aliphatic rings. The van der Waals surface area contributed by atoms with Gasteiger partial charge in [-0.3, -0.25) is 4.79 Å². The van der Waals surface area contributed by atoms with Gasteiger partial charge in [0, 0.05) is 18.8 Å². The minimum absolute atomic E-state index is 0.114. The molecule has 0 radical (unpaired) electrons. The van der Waals surface area contributed by atoms with Crippen LogP contribution in [0.4, 0.5) is 5.69 Å². The number of nitrogens with two attached hydrogens (primary N) is 1. The molecule has 0 heterocycles. The zero-order valence-electron chi connectivity index (χ0n) is 12.7. The molecule has 110 valence electrons. The molecule has 0 saturated heterocycles. The molecule has 0 fully saturated rings. The lowest BCUT2D eigenvalue weighted by Gasteiger charge is -2.21. The standard InChI is InChI=1S/C18H22N2O/c1-3-20(17-6-4-5-14(2)11-17)18(21)12-15-7-9-16(13-19)10-8-15/h4-11H,3,12-13,19H2,1-2H3. The number of hydrogen-bond donors (Lipinski definition) is 1. The number of nitrogens with zero attached hydrogens (tertiary/aromatic N) is 1. The number of aryl methyl sites for hydroxylation is 1. The third kappa shape index (κ3) is 3.92. The van der Waals surface area contributed by atoms with E-state index >= 15 is 0 Å². The molecule has 21 heavy (non-hydrogen) atoms. The highest BCUT2D eigenvalue weighted by Gasteiger charge is 2.14. The Morgan fingerprint density at radius 2 is 1.76 bits per heavy atom. The van der Waals surface area contributed by atoms with Crippen LogP contribution < -0.4 is 10.6 Å². The average molecular weight is 282 g/mol. The summed E-state index contributed by atoms with van der Waals surface area (Å²) in [5.74, 6) is 0.114. The van der Waals surface area contributed by atoms with E-state index in [0.29, 0.717) is 19.5 Å². The highest BCUT2D eigenvalue weighted by atomic mass is 16.2. The van der Waals surface area contributed by atoms with Crippen LogP contribution in [0.25, 0.3) is 0 Å². The Labute approximate surface area is 126 Å². The third-order valence-corrected chi connectivity index (χ3v) is 3.54. The Kier molecular flexibility index (Phi) is 5.12. The van der Waals surface area contributed by atoms with Crippen LogP contribution in [0.2, 0.25) is 0 Å². The molecule has 0 atom stereocenters. The molecule has 0 bridgehead atoms. The summed E-state index contributed by atoms with van der Waals surface area (Å²) in [5, 5.41) is 0. The summed E-state index contributed by atoms with van der Waals surface area (Å²) < 4.78 is 0. The summed E-state index contributed by atoms with van der Waals surface area (Å²) in [7, 11) is 0. The fourth-order valence-electron chi connectivity index (χ4n) is 2.36. The van der Waals surface area contributed by atoms with E-state index in [2.05, 4.69) is 0 Å². The number of amides is 1. The Balaban J connectivity index is 2.12. The van der Waals surface area contributed by atoms with Gasteiger partial charge in [-0.1, -0.05) is 36.4 Å². The second kappa shape index (κ2) is 7.04. The van der Waals surface area contributed by atoms with E-state index in [1.165, 1.54) is 0 Å². The quantitative estimate of drug-likeness (QED) is 0.916. The summed E-state index contributed by atoms with van der Waals surface area (Å²) in [4.78, 5) is 14.3. The zero-order chi connectivity index (χ0) is 15.2. The molecule has 0 aliphatic heterocycles. The predicted octanol–water partition coefficient (Wildman–Crippen LogP) is 3.05. The van der Waals surface area contributed by atoms with E-state index in [0.717, 1.165) is 22.4 Å². The summed E-state index contributed by atoms with van der Waals surface area (Å²) in [6.07, 6.45) is 0.409. The van der Waals surface area contributed by atoms with Crippen LogP contribution in [0.5, 0.6) is 0 Å². The number of likely N-dealkylation sites (N-methyl/N-ethyl adjacent to an activating group) is 1. The van der Waals surface area contributed by atoms with E-state index in [1.807, 2.05) is 67.3 Å². The average Bonchev–Trinajstić information content (AvgIpc) is 2.49. The van der Waals surface area contributed by atoms with Crippen molar-refractivity contribution in [2.24, 2.45) is 5.73 Å². The van der Waals surface area contributed by atoms with Gasteiger partial charge in [0.25, 0.3) is 0 Å². The van der Waals surface area contributed by atoms with Gasteiger partial charge in [-0.15, -0.1) is 0 Å². The van der Waals surface area contributed by atoms with Crippen molar-refractivity contribution in [2.75, 3.05) is 11.4 Å². The molecule has 2 aromatic rings. The summed E-state index contributed by atoms with van der Waals surface area (Å²) in [6.45, 7) is 5.23. The molecule has 2 aromatic carbocycles. The van der Waals surface area contributed by atoms with Crippen LogP contribution in [0.15, 0.2) is 48.5 Å². The maximum absolute atomic E-state index is 12.5. The molecule has 0 aliphatic carbocycles. The van der Waals surface area contributed by atoms with Crippen LogP contribution in [-0.2, 0) is 17.8 Å². The molecule has 0 unspecified atom stereocenters.